The first-order valence-corrected chi connectivity index (χ1v) is 14.5. The summed E-state index contributed by atoms with van der Waals surface area (Å²) in [5.74, 6) is -1.25. The van der Waals surface area contributed by atoms with Gasteiger partial charge >= 0.3 is 0 Å². The van der Waals surface area contributed by atoms with Crippen LogP contribution in [-0.4, -0.2) is 105 Å². The molecule has 4 amide bonds. The van der Waals surface area contributed by atoms with E-state index in [1.807, 2.05) is 38.1 Å². The van der Waals surface area contributed by atoms with Crippen molar-refractivity contribution in [2.45, 2.75) is 51.3 Å². The molecule has 236 valence electrons. The van der Waals surface area contributed by atoms with Gasteiger partial charge in [-0.05, 0) is 56.5 Å². The van der Waals surface area contributed by atoms with Crippen LogP contribution in [-0.2, 0) is 35.1 Å². The van der Waals surface area contributed by atoms with E-state index in [9.17, 15) is 24.0 Å². The molecule has 0 spiro atoms. The summed E-state index contributed by atoms with van der Waals surface area (Å²) < 4.78 is 5.64. The molecule has 1 fully saturated rings. The van der Waals surface area contributed by atoms with Gasteiger partial charge in [0.1, 0.15) is 18.9 Å². The van der Waals surface area contributed by atoms with Crippen molar-refractivity contribution in [1.82, 2.24) is 25.8 Å². The maximum absolute atomic E-state index is 12.8. The maximum Gasteiger partial charge on any atom is 0.251 e. The van der Waals surface area contributed by atoms with Gasteiger partial charge in [-0.3, -0.25) is 19.2 Å². The van der Waals surface area contributed by atoms with E-state index < -0.39 is 17.9 Å². The van der Waals surface area contributed by atoms with Crippen LogP contribution in [0.25, 0.3) is 0 Å². The zero-order valence-corrected chi connectivity index (χ0v) is 25.9. The predicted molar refractivity (Wildman–Crippen MR) is 165 cm³/mol. The number of benzene rings is 1. The number of likely N-dealkylation sites (N-methyl/N-ethyl adjacent to an activating group) is 1. The fourth-order valence-electron chi connectivity index (χ4n) is 4.95. The number of carbonyl (C=O) groups is 5. The highest BCUT2D eigenvalue weighted by atomic mass is 16.5. The largest absolute Gasteiger partial charge is 0.388 e. The van der Waals surface area contributed by atoms with Gasteiger partial charge in [-0.15, -0.1) is 0 Å². The fourth-order valence-corrected chi connectivity index (χ4v) is 4.95. The molecule has 0 radical (unpaired) electrons. The predicted octanol–water partition coefficient (Wildman–Crippen LogP) is 0.851. The SMILES string of the molecule is C=C1C=CC(=O)N1CC(=O)NC(C)C(=O)NCC=O.CNc1cccc(CCN(C)C(=O)C(C)C(OC)C2CCCN2)c1. The highest BCUT2D eigenvalue weighted by Crippen LogP contribution is 2.20. The van der Waals surface area contributed by atoms with Gasteiger partial charge in [-0.1, -0.05) is 25.6 Å². The number of carbonyl (C=O) groups excluding carboxylic acids is 5. The number of hydrogen-bond donors (Lipinski definition) is 4. The van der Waals surface area contributed by atoms with E-state index in [0.717, 1.165) is 31.5 Å². The molecule has 0 saturated carbocycles. The molecule has 1 aromatic rings. The Morgan fingerprint density at radius 2 is 2.00 bits per heavy atom. The molecule has 4 unspecified atom stereocenters. The van der Waals surface area contributed by atoms with Crippen LogP contribution in [0.5, 0.6) is 0 Å². The van der Waals surface area contributed by atoms with Gasteiger partial charge < -0.3 is 40.6 Å². The molecule has 43 heavy (non-hydrogen) atoms. The minimum absolute atomic E-state index is 0.0601. The summed E-state index contributed by atoms with van der Waals surface area (Å²) in [7, 11) is 5.51. The van der Waals surface area contributed by atoms with Crippen LogP contribution >= 0.6 is 0 Å². The van der Waals surface area contributed by atoms with E-state index in [4.69, 9.17) is 4.74 Å². The number of aldehydes is 1. The first-order chi connectivity index (χ1) is 20.5. The van der Waals surface area contributed by atoms with Crippen molar-refractivity contribution in [3.8, 4) is 0 Å². The molecule has 12 nitrogen and oxygen atoms in total. The van der Waals surface area contributed by atoms with Crippen molar-refractivity contribution < 1.29 is 28.7 Å². The number of rotatable bonds is 14. The molecule has 4 N–H and O–H groups in total. The highest BCUT2D eigenvalue weighted by molar-refractivity contribution is 5.97. The van der Waals surface area contributed by atoms with Crippen LogP contribution in [0.2, 0.25) is 0 Å². The Balaban J connectivity index is 0.000000309. The number of hydrogen-bond acceptors (Lipinski definition) is 8. The Hall–Kier alpha value is -4.03. The monoisotopic (exact) mass is 598 g/mol. The van der Waals surface area contributed by atoms with E-state index in [2.05, 4.69) is 40.0 Å². The molecular weight excluding hydrogens is 552 g/mol. The molecule has 3 rings (SSSR count). The van der Waals surface area contributed by atoms with Crippen molar-refractivity contribution >= 4 is 35.6 Å². The summed E-state index contributed by atoms with van der Waals surface area (Å²) in [4.78, 5) is 60.3. The quantitative estimate of drug-likeness (QED) is 0.230. The Morgan fingerprint density at radius 1 is 1.26 bits per heavy atom. The van der Waals surface area contributed by atoms with Crippen molar-refractivity contribution in [2.75, 3.05) is 52.7 Å². The van der Waals surface area contributed by atoms with Gasteiger partial charge in [-0.2, -0.15) is 0 Å². The molecule has 1 aromatic carbocycles. The molecule has 2 aliphatic rings. The third kappa shape index (κ3) is 11.0. The van der Waals surface area contributed by atoms with Gasteiger partial charge in [0.15, 0.2) is 0 Å². The minimum atomic E-state index is -0.786. The molecular formula is C31H46N6O6. The lowest BCUT2D eigenvalue weighted by molar-refractivity contribution is -0.139. The minimum Gasteiger partial charge on any atom is -0.388 e. The van der Waals surface area contributed by atoms with E-state index in [0.29, 0.717) is 18.5 Å². The van der Waals surface area contributed by atoms with Crippen LogP contribution < -0.4 is 21.3 Å². The van der Waals surface area contributed by atoms with Crippen LogP contribution in [0, 0.1) is 5.92 Å². The molecule has 12 heteroatoms. The average Bonchev–Trinajstić information content (AvgIpc) is 3.65. The van der Waals surface area contributed by atoms with Crippen LogP contribution in [0.4, 0.5) is 5.69 Å². The summed E-state index contributed by atoms with van der Waals surface area (Å²) in [6.45, 7) is 8.50. The van der Waals surface area contributed by atoms with E-state index in [1.54, 1.807) is 7.11 Å². The zero-order chi connectivity index (χ0) is 31.9. The molecule has 2 aliphatic heterocycles. The summed E-state index contributed by atoms with van der Waals surface area (Å²) >= 11 is 0. The summed E-state index contributed by atoms with van der Waals surface area (Å²) in [5.41, 5.74) is 2.76. The number of allylic oxidation sites excluding steroid dienone is 1. The third-order valence-electron chi connectivity index (χ3n) is 7.44. The average molecular weight is 599 g/mol. The Bertz CT molecular complexity index is 1150. The maximum atomic E-state index is 12.8. The number of amides is 4. The van der Waals surface area contributed by atoms with Gasteiger partial charge in [-0.25, -0.2) is 0 Å². The lowest BCUT2D eigenvalue weighted by atomic mass is 9.95. The Morgan fingerprint density at radius 3 is 2.58 bits per heavy atom. The van der Waals surface area contributed by atoms with E-state index >= 15 is 0 Å². The van der Waals surface area contributed by atoms with E-state index in [1.165, 1.54) is 29.5 Å². The highest BCUT2D eigenvalue weighted by Gasteiger charge is 2.34. The topological polar surface area (TPSA) is 149 Å². The molecule has 0 aliphatic carbocycles. The molecule has 0 bridgehead atoms. The molecule has 0 aromatic heterocycles. The van der Waals surface area contributed by atoms with Crippen LogP contribution in [0.15, 0.2) is 48.7 Å². The normalized spacial score (nSPS) is 17.8. The second-order valence-electron chi connectivity index (χ2n) is 10.6. The van der Waals surface area contributed by atoms with Crippen LogP contribution in [0.1, 0.15) is 32.3 Å². The van der Waals surface area contributed by atoms with Crippen molar-refractivity contribution in [2.24, 2.45) is 5.92 Å². The molecule has 4 atom stereocenters. The van der Waals surface area contributed by atoms with Crippen molar-refractivity contribution in [3.63, 3.8) is 0 Å². The Kier molecular flexibility index (Phi) is 14.6. The zero-order valence-electron chi connectivity index (χ0n) is 25.9. The van der Waals surface area contributed by atoms with Gasteiger partial charge in [0.25, 0.3) is 5.91 Å². The van der Waals surface area contributed by atoms with Crippen molar-refractivity contribution in [3.05, 3.63) is 54.3 Å². The lowest BCUT2D eigenvalue weighted by Gasteiger charge is -2.30. The van der Waals surface area contributed by atoms with Crippen molar-refractivity contribution in [1.29, 1.82) is 0 Å². The smallest absolute Gasteiger partial charge is 0.251 e. The fraction of sp³-hybridized carbons (Fsp3) is 0.516. The number of methoxy groups -OCH3 is 1. The van der Waals surface area contributed by atoms with Gasteiger partial charge in [0.05, 0.1) is 18.6 Å². The van der Waals surface area contributed by atoms with Crippen LogP contribution in [0.3, 0.4) is 0 Å². The summed E-state index contributed by atoms with van der Waals surface area (Å²) in [5, 5.41) is 11.3. The van der Waals surface area contributed by atoms with Gasteiger partial charge in [0, 0.05) is 51.3 Å². The third-order valence-corrected chi connectivity index (χ3v) is 7.44. The van der Waals surface area contributed by atoms with E-state index in [-0.39, 0.29) is 43.0 Å². The standard InChI is InChI=1S/C19H31N3O2.C12H15N3O4/c1-14(18(24-4)17-9-6-11-21-17)19(23)22(3)12-10-15-7-5-8-16(13-15)20-2;1-8-3-4-11(18)15(8)7-10(17)14-9(2)12(19)13-5-6-16/h5,7-8,13-14,17-18,20-21H,6,9-12H2,1-4H3;3-4,6,9H,1,5,7H2,2H3,(H,13,19)(H,14,17). The lowest BCUT2D eigenvalue weighted by Crippen LogP contribution is -2.48. The first kappa shape index (κ1) is 35.2. The second kappa shape index (κ2) is 17.8. The van der Waals surface area contributed by atoms with Gasteiger partial charge in [0.2, 0.25) is 17.7 Å². The number of ether oxygens (including phenoxy) is 1. The molecule has 2 heterocycles. The number of anilines is 1. The number of nitrogens with zero attached hydrogens (tertiary/aromatic N) is 2. The summed E-state index contributed by atoms with van der Waals surface area (Å²) in [6, 6.07) is 7.81. The summed E-state index contributed by atoms with van der Waals surface area (Å²) in [6.07, 6.45) is 6.40. The Labute approximate surface area is 254 Å². The second-order valence-corrected chi connectivity index (χ2v) is 10.6. The first-order valence-electron chi connectivity index (χ1n) is 14.5. The molecule has 1 saturated heterocycles. The number of nitrogens with one attached hydrogen (secondary N) is 4.